The highest BCUT2D eigenvalue weighted by molar-refractivity contribution is 9.10. The molecule has 128 valence electrons. The maximum absolute atomic E-state index is 12.2. The molecule has 2 aromatic carbocycles. The van der Waals surface area contributed by atoms with Crippen molar-refractivity contribution in [2.24, 2.45) is 0 Å². The molecule has 0 aromatic heterocycles. The Morgan fingerprint density at radius 2 is 1.83 bits per heavy atom. The highest BCUT2D eigenvalue weighted by Crippen LogP contribution is 2.32. The number of benzene rings is 2. The molecular weight excluding hydrogens is 366 g/mol. The van der Waals surface area contributed by atoms with Gasteiger partial charge in [0, 0.05) is 10.2 Å². The van der Waals surface area contributed by atoms with Crippen molar-refractivity contribution in [1.82, 2.24) is 0 Å². The Hall–Kier alpha value is -1.81. The molecular formula is C20H24BrNO2. The number of ether oxygens (including phenoxy) is 1. The molecule has 0 heterocycles. The minimum atomic E-state index is -0.166. The van der Waals surface area contributed by atoms with E-state index in [1.54, 1.807) is 0 Å². The zero-order valence-corrected chi connectivity index (χ0v) is 16.5. The van der Waals surface area contributed by atoms with Crippen molar-refractivity contribution in [2.75, 3.05) is 11.9 Å². The highest BCUT2D eigenvalue weighted by atomic mass is 79.9. The lowest BCUT2D eigenvalue weighted by atomic mass is 9.85. The summed E-state index contributed by atoms with van der Waals surface area (Å²) in [6, 6.07) is 11.8. The Morgan fingerprint density at radius 1 is 1.12 bits per heavy atom. The van der Waals surface area contributed by atoms with E-state index >= 15 is 0 Å². The molecule has 0 atom stereocenters. The van der Waals surface area contributed by atoms with Crippen LogP contribution in [-0.4, -0.2) is 12.5 Å². The zero-order chi connectivity index (χ0) is 17.9. The molecule has 0 aliphatic heterocycles. The van der Waals surface area contributed by atoms with Crippen molar-refractivity contribution in [1.29, 1.82) is 0 Å². The number of hydrogen-bond donors (Lipinski definition) is 1. The lowest BCUT2D eigenvalue weighted by Crippen LogP contribution is -2.22. The van der Waals surface area contributed by atoms with E-state index in [2.05, 4.69) is 55.0 Å². The number of hydrogen-bond acceptors (Lipinski definition) is 2. The molecule has 0 radical (unpaired) electrons. The Labute approximate surface area is 152 Å². The molecule has 2 aromatic rings. The predicted molar refractivity (Wildman–Crippen MR) is 103 cm³/mol. The van der Waals surface area contributed by atoms with Crippen LogP contribution in [-0.2, 0) is 10.2 Å². The number of carbonyl (C=O) groups excluding carboxylic acids is 1. The largest absolute Gasteiger partial charge is 0.483 e. The molecule has 4 heteroatoms. The third kappa shape index (κ3) is 4.84. The summed E-state index contributed by atoms with van der Waals surface area (Å²) in [4.78, 5) is 12.2. The Balaban J connectivity index is 2.07. The normalized spacial score (nSPS) is 11.2. The maximum Gasteiger partial charge on any atom is 0.262 e. The van der Waals surface area contributed by atoms with Gasteiger partial charge in [-0.15, -0.1) is 0 Å². The number of rotatable bonds is 4. The SMILES string of the molecule is Cc1ccc(OCC(=O)Nc2ccc(Br)cc2C)c(C(C)(C)C)c1. The van der Waals surface area contributed by atoms with Crippen molar-refractivity contribution in [3.63, 3.8) is 0 Å². The van der Waals surface area contributed by atoms with Crippen LogP contribution in [0.2, 0.25) is 0 Å². The van der Waals surface area contributed by atoms with E-state index in [9.17, 15) is 4.79 Å². The summed E-state index contributed by atoms with van der Waals surface area (Å²) in [5.74, 6) is 0.594. The van der Waals surface area contributed by atoms with Crippen LogP contribution in [0.1, 0.15) is 37.5 Å². The summed E-state index contributed by atoms with van der Waals surface area (Å²) in [5, 5.41) is 2.89. The lowest BCUT2D eigenvalue weighted by Gasteiger charge is -2.23. The summed E-state index contributed by atoms with van der Waals surface area (Å²) in [5.41, 5.74) is 4.05. The second-order valence-corrected chi connectivity index (χ2v) is 7.96. The van der Waals surface area contributed by atoms with Gasteiger partial charge in [-0.25, -0.2) is 0 Å². The smallest absolute Gasteiger partial charge is 0.262 e. The summed E-state index contributed by atoms with van der Waals surface area (Å²) >= 11 is 3.42. The Morgan fingerprint density at radius 3 is 2.46 bits per heavy atom. The van der Waals surface area contributed by atoms with Gasteiger partial charge in [0.1, 0.15) is 5.75 Å². The maximum atomic E-state index is 12.2. The van der Waals surface area contributed by atoms with E-state index in [1.807, 2.05) is 37.3 Å². The molecule has 0 aliphatic carbocycles. The van der Waals surface area contributed by atoms with Crippen LogP contribution in [0.4, 0.5) is 5.69 Å². The van der Waals surface area contributed by atoms with Crippen LogP contribution >= 0.6 is 15.9 Å². The summed E-state index contributed by atoms with van der Waals surface area (Å²) < 4.78 is 6.78. The Bertz CT molecular complexity index is 748. The van der Waals surface area contributed by atoms with Crippen LogP contribution in [0.5, 0.6) is 5.75 Å². The third-order valence-corrected chi connectivity index (χ3v) is 4.26. The van der Waals surface area contributed by atoms with Crippen molar-refractivity contribution < 1.29 is 9.53 Å². The molecule has 0 spiro atoms. The number of aryl methyl sites for hydroxylation is 2. The molecule has 24 heavy (non-hydrogen) atoms. The van der Waals surface area contributed by atoms with E-state index in [0.717, 1.165) is 27.0 Å². The van der Waals surface area contributed by atoms with Crippen LogP contribution in [0, 0.1) is 13.8 Å². The minimum absolute atomic E-state index is 0.0123. The van der Waals surface area contributed by atoms with Gasteiger partial charge in [0.25, 0.3) is 5.91 Å². The molecule has 0 saturated carbocycles. The molecule has 0 aliphatic rings. The van der Waals surface area contributed by atoms with E-state index in [4.69, 9.17) is 4.74 Å². The minimum Gasteiger partial charge on any atom is -0.483 e. The fraction of sp³-hybridized carbons (Fsp3) is 0.350. The number of anilines is 1. The topological polar surface area (TPSA) is 38.3 Å². The highest BCUT2D eigenvalue weighted by Gasteiger charge is 2.19. The van der Waals surface area contributed by atoms with Gasteiger partial charge in [-0.3, -0.25) is 4.79 Å². The fourth-order valence-electron chi connectivity index (χ4n) is 2.45. The Kier molecular flexibility index (Phi) is 5.70. The van der Waals surface area contributed by atoms with Gasteiger partial charge in [0.05, 0.1) is 0 Å². The standard InChI is InChI=1S/C20H24BrNO2/c1-13-6-9-18(16(10-13)20(3,4)5)24-12-19(23)22-17-8-7-15(21)11-14(17)2/h6-11H,12H2,1-5H3,(H,22,23). The number of nitrogens with one attached hydrogen (secondary N) is 1. The second kappa shape index (κ2) is 7.39. The third-order valence-electron chi connectivity index (χ3n) is 3.76. The molecule has 2 rings (SSSR count). The van der Waals surface area contributed by atoms with Crippen molar-refractivity contribution >= 4 is 27.5 Å². The van der Waals surface area contributed by atoms with Crippen molar-refractivity contribution in [3.05, 3.63) is 57.6 Å². The van der Waals surface area contributed by atoms with Crippen molar-refractivity contribution in [2.45, 2.75) is 40.0 Å². The molecule has 0 fully saturated rings. The van der Waals surface area contributed by atoms with Gasteiger partial charge in [-0.2, -0.15) is 0 Å². The first kappa shape index (κ1) is 18.5. The van der Waals surface area contributed by atoms with E-state index in [0.29, 0.717) is 0 Å². The lowest BCUT2D eigenvalue weighted by molar-refractivity contribution is -0.118. The fourth-order valence-corrected chi connectivity index (χ4v) is 2.93. The van der Waals surface area contributed by atoms with Gasteiger partial charge >= 0.3 is 0 Å². The first-order valence-electron chi connectivity index (χ1n) is 7.97. The van der Waals surface area contributed by atoms with Gasteiger partial charge in [-0.1, -0.05) is 54.4 Å². The molecule has 3 nitrogen and oxygen atoms in total. The molecule has 1 amide bonds. The quantitative estimate of drug-likeness (QED) is 0.761. The van der Waals surface area contributed by atoms with Gasteiger partial charge in [0.2, 0.25) is 0 Å². The van der Waals surface area contributed by atoms with Crippen LogP contribution in [0.15, 0.2) is 40.9 Å². The van der Waals surface area contributed by atoms with Gasteiger partial charge in [0.15, 0.2) is 6.61 Å². The van der Waals surface area contributed by atoms with Crippen LogP contribution in [0.25, 0.3) is 0 Å². The van der Waals surface area contributed by atoms with Crippen LogP contribution < -0.4 is 10.1 Å². The predicted octanol–water partition coefficient (Wildman–Crippen LogP) is 5.38. The molecule has 1 N–H and O–H groups in total. The van der Waals surface area contributed by atoms with E-state index < -0.39 is 0 Å². The summed E-state index contributed by atoms with van der Waals surface area (Å²) in [6.07, 6.45) is 0. The molecule has 0 bridgehead atoms. The number of amides is 1. The number of halogens is 1. The van der Waals surface area contributed by atoms with Gasteiger partial charge < -0.3 is 10.1 Å². The average molecular weight is 390 g/mol. The summed E-state index contributed by atoms with van der Waals surface area (Å²) in [7, 11) is 0. The number of carbonyl (C=O) groups is 1. The van der Waals surface area contributed by atoms with Crippen molar-refractivity contribution in [3.8, 4) is 5.75 Å². The van der Waals surface area contributed by atoms with E-state index in [-0.39, 0.29) is 17.9 Å². The first-order chi connectivity index (χ1) is 11.2. The average Bonchev–Trinajstić information content (AvgIpc) is 2.48. The van der Waals surface area contributed by atoms with Gasteiger partial charge in [-0.05, 0) is 54.7 Å². The zero-order valence-electron chi connectivity index (χ0n) is 14.9. The molecule has 0 unspecified atom stereocenters. The monoisotopic (exact) mass is 389 g/mol. The second-order valence-electron chi connectivity index (χ2n) is 7.05. The van der Waals surface area contributed by atoms with E-state index in [1.165, 1.54) is 5.56 Å². The first-order valence-corrected chi connectivity index (χ1v) is 8.76. The molecule has 0 saturated heterocycles. The van der Waals surface area contributed by atoms with Crippen LogP contribution in [0.3, 0.4) is 0 Å². The summed E-state index contributed by atoms with van der Waals surface area (Å²) in [6.45, 7) is 10.4.